The molecule has 0 bridgehead atoms. The lowest BCUT2D eigenvalue weighted by Gasteiger charge is -2.44. The van der Waals surface area contributed by atoms with E-state index >= 15 is 0 Å². The van der Waals surface area contributed by atoms with Crippen LogP contribution in [-0.4, -0.2) is 80.0 Å². The summed E-state index contributed by atoms with van der Waals surface area (Å²) >= 11 is 3.26. The van der Waals surface area contributed by atoms with Crippen LogP contribution in [0.1, 0.15) is 43.6 Å². The number of carbonyl (C=O) groups is 1. The molecule has 0 saturated carbocycles. The molecule has 11 nitrogen and oxygen atoms in total. The number of halogens is 4. The van der Waals surface area contributed by atoms with Crippen LogP contribution in [0, 0.1) is 0 Å². The molecule has 2 aromatic rings. The summed E-state index contributed by atoms with van der Waals surface area (Å²) in [6.45, 7) is 3.65. The highest BCUT2D eigenvalue weighted by Gasteiger charge is 2.56. The molecular formula is C23H28BrF3N2O9. The van der Waals surface area contributed by atoms with Crippen LogP contribution in [0.4, 0.5) is 18.0 Å². The molecule has 212 valence electrons. The zero-order chi connectivity index (χ0) is 28.4. The van der Waals surface area contributed by atoms with Crippen LogP contribution >= 0.6 is 15.9 Å². The predicted octanol–water partition coefficient (Wildman–Crippen LogP) is 2.52. The molecule has 38 heavy (non-hydrogen) atoms. The zero-order valence-corrected chi connectivity index (χ0v) is 22.1. The SMILES string of the molecule is CCOC(=O)OC[C@H]1O[C@](O)(Oc2nn(C(C)C)c(C(F)(F)F)c2Cc2ccc(Br)cc2)[C@H](O)[C@@H](O)[C@@H]1O. The van der Waals surface area contributed by atoms with Crippen LogP contribution in [0.15, 0.2) is 28.7 Å². The van der Waals surface area contributed by atoms with E-state index in [9.17, 15) is 38.4 Å². The van der Waals surface area contributed by atoms with Crippen LogP contribution in [0.25, 0.3) is 0 Å². The fraction of sp³-hybridized carbons (Fsp3) is 0.565. The Kier molecular flexibility index (Phi) is 9.32. The molecule has 1 aliphatic rings. The standard InChI is InChI=1S/C23H28BrF3N2O9/c1-4-35-21(33)36-10-15-16(30)17(31)19(32)23(34,37-15)38-20-14(9-12-5-7-13(24)8-6-12)18(22(25,26)27)29(28-20)11(2)3/h5-8,11,15-17,19,30-32,34H,4,9-10H2,1-3H3/t15-,16-,17+,19-,23+/m1/s1. The van der Waals surface area contributed by atoms with E-state index in [0.717, 1.165) is 0 Å². The molecule has 3 rings (SSSR count). The van der Waals surface area contributed by atoms with E-state index in [4.69, 9.17) is 14.2 Å². The van der Waals surface area contributed by atoms with Gasteiger partial charge in [0.25, 0.3) is 0 Å². The van der Waals surface area contributed by atoms with Crippen molar-refractivity contribution in [2.24, 2.45) is 0 Å². The number of nitrogens with zero attached hydrogens (tertiary/aromatic N) is 2. The van der Waals surface area contributed by atoms with Gasteiger partial charge in [0.15, 0.2) is 6.10 Å². The second-order valence-electron chi connectivity index (χ2n) is 8.78. The normalized spacial score (nSPS) is 25.9. The first-order valence-electron chi connectivity index (χ1n) is 11.5. The molecule has 1 fully saturated rings. The second kappa shape index (κ2) is 11.8. The molecule has 4 N–H and O–H groups in total. The van der Waals surface area contributed by atoms with Crippen molar-refractivity contribution in [3.63, 3.8) is 0 Å². The minimum Gasteiger partial charge on any atom is -0.435 e. The first-order chi connectivity index (χ1) is 17.7. The van der Waals surface area contributed by atoms with Crippen LogP contribution in [-0.2, 0) is 26.8 Å². The Labute approximate surface area is 223 Å². The number of rotatable bonds is 8. The molecule has 15 heteroatoms. The van der Waals surface area contributed by atoms with E-state index in [2.05, 4.69) is 25.8 Å². The second-order valence-corrected chi connectivity index (χ2v) is 9.70. The Morgan fingerprint density at radius 2 is 1.82 bits per heavy atom. The molecular weight excluding hydrogens is 585 g/mol. The summed E-state index contributed by atoms with van der Waals surface area (Å²) in [6, 6.07) is 5.61. The van der Waals surface area contributed by atoms with Crippen LogP contribution in [0.2, 0.25) is 0 Å². The highest BCUT2D eigenvalue weighted by Crippen LogP contribution is 2.41. The van der Waals surface area contributed by atoms with Gasteiger partial charge >= 0.3 is 18.3 Å². The monoisotopic (exact) mass is 612 g/mol. The first kappa shape index (κ1) is 30.1. The molecule has 0 amide bonds. The highest BCUT2D eigenvalue weighted by molar-refractivity contribution is 9.10. The maximum atomic E-state index is 14.2. The summed E-state index contributed by atoms with van der Waals surface area (Å²) in [5, 5.41) is 45.9. The van der Waals surface area contributed by atoms with Crippen molar-refractivity contribution in [3.05, 3.63) is 45.6 Å². The van der Waals surface area contributed by atoms with Crippen molar-refractivity contribution < 1.29 is 57.3 Å². The summed E-state index contributed by atoms with van der Waals surface area (Å²) < 4.78 is 63.9. The topological polar surface area (TPSA) is 153 Å². The lowest BCUT2D eigenvalue weighted by Crippen LogP contribution is -2.67. The average molecular weight is 613 g/mol. The number of aliphatic hydroxyl groups is 4. The summed E-state index contributed by atoms with van der Waals surface area (Å²) in [4.78, 5) is 11.5. The van der Waals surface area contributed by atoms with Gasteiger partial charge in [0.2, 0.25) is 5.88 Å². The highest BCUT2D eigenvalue weighted by atomic mass is 79.9. The van der Waals surface area contributed by atoms with Crippen LogP contribution < -0.4 is 4.74 Å². The third kappa shape index (κ3) is 6.58. The third-order valence-corrected chi connectivity index (χ3v) is 6.17. The largest absolute Gasteiger partial charge is 0.508 e. The Bertz CT molecular complexity index is 1110. The smallest absolute Gasteiger partial charge is 0.435 e. The number of hydrogen-bond donors (Lipinski definition) is 4. The number of aliphatic hydroxyl groups excluding tert-OH is 3. The minimum atomic E-state index is -4.88. The summed E-state index contributed by atoms with van der Waals surface area (Å²) in [7, 11) is 0. The third-order valence-electron chi connectivity index (χ3n) is 5.64. The van der Waals surface area contributed by atoms with Gasteiger partial charge in [-0.25, -0.2) is 4.79 Å². The zero-order valence-electron chi connectivity index (χ0n) is 20.6. The average Bonchev–Trinajstić information content (AvgIpc) is 3.19. The molecule has 0 aliphatic carbocycles. The lowest BCUT2D eigenvalue weighted by atomic mass is 9.97. The van der Waals surface area contributed by atoms with Gasteiger partial charge in [-0.3, -0.25) is 4.68 Å². The van der Waals surface area contributed by atoms with E-state index < -0.39 is 72.5 Å². The first-order valence-corrected chi connectivity index (χ1v) is 12.3. The number of alkyl halides is 3. The van der Waals surface area contributed by atoms with Gasteiger partial charge in [0.05, 0.1) is 12.2 Å². The summed E-state index contributed by atoms with van der Waals surface area (Å²) in [6.07, 6.45) is -14.3. The molecule has 1 aromatic carbocycles. The predicted molar refractivity (Wildman–Crippen MR) is 126 cm³/mol. The van der Waals surface area contributed by atoms with E-state index in [0.29, 0.717) is 14.7 Å². The van der Waals surface area contributed by atoms with Gasteiger partial charge in [0.1, 0.15) is 30.6 Å². The van der Waals surface area contributed by atoms with Crippen molar-refractivity contribution >= 4 is 22.1 Å². The number of hydrogen-bond acceptors (Lipinski definition) is 10. The molecule has 0 radical (unpaired) electrons. The van der Waals surface area contributed by atoms with Crippen molar-refractivity contribution in [1.29, 1.82) is 0 Å². The minimum absolute atomic E-state index is 0.0253. The Hall–Kier alpha value is -2.43. The van der Waals surface area contributed by atoms with Crippen molar-refractivity contribution in [3.8, 4) is 5.88 Å². The van der Waals surface area contributed by atoms with Crippen LogP contribution in [0.5, 0.6) is 5.88 Å². The van der Waals surface area contributed by atoms with Gasteiger partial charge in [-0.1, -0.05) is 28.1 Å². The lowest BCUT2D eigenvalue weighted by molar-refractivity contribution is -0.423. The molecule has 2 heterocycles. The van der Waals surface area contributed by atoms with E-state index in [1.165, 1.54) is 20.8 Å². The van der Waals surface area contributed by atoms with Crippen molar-refractivity contribution in [2.45, 2.75) is 69.8 Å². The van der Waals surface area contributed by atoms with E-state index in [1.807, 2.05) is 0 Å². The van der Waals surface area contributed by atoms with E-state index in [1.54, 1.807) is 24.3 Å². The summed E-state index contributed by atoms with van der Waals surface area (Å²) in [5.41, 5.74) is -1.18. The van der Waals surface area contributed by atoms with Crippen molar-refractivity contribution in [1.82, 2.24) is 9.78 Å². The van der Waals surface area contributed by atoms with Gasteiger partial charge < -0.3 is 39.4 Å². The molecule has 1 aromatic heterocycles. The van der Waals surface area contributed by atoms with E-state index in [-0.39, 0.29) is 13.0 Å². The maximum Gasteiger partial charge on any atom is 0.508 e. The Morgan fingerprint density at radius 1 is 1.18 bits per heavy atom. The number of carbonyl (C=O) groups excluding carboxylic acids is 1. The quantitative estimate of drug-likeness (QED) is 0.258. The molecule has 1 aliphatic heterocycles. The van der Waals surface area contributed by atoms with Gasteiger partial charge in [-0.2, -0.15) is 13.2 Å². The maximum absolute atomic E-state index is 14.2. The molecule has 0 spiro atoms. The fourth-order valence-corrected chi connectivity index (χ4v) is 4.08. The van der Waals surface area contributed by atoms with Crippen LogP contribution in [0.3, 0.4) is 0 Å². The van der Waals surface area contributed by atoms with Gasteiger partial charge in [-0.05, 0) is 38.5 Å². The number of aromatic nitrogens is 2. The number of benzene rings is 1. The fourth-order valence-electron chi connectivity index (χ4n) is 3.81. The molecule has 1 saturated heterocycles. The van der Waals surface area contributed by atoms with Gasteiger partial charge in [-0.15, -0.1) is 5.10 Å². The van der Waals surface area contributed by atoms with Crippen molar-refractivity contribution in [2.75, 3.05) is 13.2 Å². The summed E-state index contributed by atoms with van der Waals surface area (Å²) in [5.74, 6) is -3.92. The van der Waals surface area contributed by atoms with Gasteiger partial charge in [0, 0.05) is 16.9 Å². The number of ether oxygens (including phenoxy) is 4. The molecule has 5 atom stereocenters. The molecule has 0 unspecified atom stereocenters. The Morgan fingerprint density at radius 3 is 2.37 bits per heavy atom. The Balaban J connectivity index is 2.02.